The van der Waals surface area contributed by atoms with E-state index in [0.29, 0.717) is 28.3 Å². The van der Waals surface area contributed by atoms with Crippen LogP contribution >= 0.6 is 0 Å². The van der Waals surface area contributed by atoms with E-state index in [1.165, 1.54) is 6.39 Å². The second-order valence-corrected chi connectivity index (χ2v) is 4.80. The molecule has 0 aliphatic heterocycles. The third-order valence-electron chi connectivity index (χ3n) is 3.30. The van der Waals surface area contributed by atoms with Crippen molar-refractivity contribution in [3.63, 3.8) is 0 Å². The maximum Gasteiger partial charge on any atom is 0.251 e. The van der Waals surface area contributed by atoms with E-state index in [2.05, 4.69) is 10.2 Å². The van der Waals surface area contributed by atoms with Crippen LogP contribution in [-0.4, -0.2) is 21.9 Å². The number of nitriles is 1. The Morgan fingerprint density at radius 3 is 2.65 bits per heavy atom. The molecule has 0 aliphatic rings. The lowest BCUT2D eigenvalue weighted by Gasteiger charge is -2.14. The zero-order chi connectivity index (χ0) is 16.1. The van der Waals surface area contributed by atoms with Gasteiger partial charge in [0.2, 0.25) is 6.39 Å². The van der Waals surface area contributed by atoms with Crippen molar-refractivity contribution in [2.75, 3.05) is 6.61 Å². The molecule has 0 bridgehead atoms. The highest BCUT2D eigenvalue weighted by Crippen LogP contribution is 2.28. The molecule has 1 N–H and O–H groups in total. The van der Waals surface area contributed by atoms with Crippen LogP contribution in [0.15, 0.2) is 59.3 Å². The number of aromatic nitrogens is 2. The molecule has 6 nitrogen and oxygen atoms in total. The molecule has 3 rings (SSSR count). The van der Waals surface area contributed by atoms with Crippen molar-refractivity contribution in [2.24, 2.45) is 0 Å². The van der Waals surface area contributed by atoms with Gasteiger partial charge in [0.1, 0.15) is 18.5 Å². The summed E-state index contributed by atoms with van der Waals surface area (Å²) in [5, 5.41) is 26.5. The molecule has 0 saturated heterocycles. The van der Waals surface area contributed by atoms with Gasteiger partial charge in [-0.2, -0.15) is 5.26 Å². The lowest BCUT2D eigenvalue weighted by Crippen LogP contribution is -2.10. The van der Waals surface area contributed by atoms with Crippen molar-refractivity contribution in [1.29, 1.82) is 5.26 Å². The molecule has 6 heteroatoms. The van der Waals surface area contributed by atoms with E-state index >= 15 is 0 Å². The third-order valence-corrected chi connectivity index (χ3v) is 3.30. The van der Waals surface area contributed by atoms with Gasteiger partial charge < -0.3 is 14.3 Å². The lowest BCUT2D eigenvalue weighted by atomic mass is 10.1. The summed E-state index contributed by atoms with van der Waals surface area (Å²) in [7, 11) is 0. The van der Waals surface area contributed by atoms with Crippen molar-refractivity contribution < 1.29 is 14.3 Å². The SMILES string of the molecule is N#Cc1ccc(C(O)COc2ccccc2-c2nnco2)cc1. The van der Waals surface area contributed by atoms with Crippen LogP contribution in [0.1, 0.15) is 17.2 Å². The van der Waals surface area contributed by atoms with Crippen molar-refractivity contribution in [1.82, 2.24) is 10.2 Å². The average molecular weight is 307 g/mol. The van der Waals surface area contributed by atoms with Gasteiger partial charge in [-0.15, -0.1) is 10.2 Å². The molecule has 23 heavy (non-hydrogen) atoms. The molecule has 0 radical (unpaired) electrons. The van der Waals surface area contributed by atoms with E-state index in [9.17, 15) is 5.11 Å². The van der Waals surface area contributed by atoms with Gasteiger partial charge in [0.05, 0.1) is 17.2 Å². The molecule has 0 spiro atoms. The van der Waals surface area contributed by atoms with E-state index in [1.54, 1.807) is 36.4 Å². The van der Waals surface area contributed by atoms with Crippen molar-refractivity contribution in [3.05, 3.63) is 66.1 Å². The molecule has 114 valence electrons. The van der Waals surface area contributed by atoms with E-state index in [4.69, 9.17) is 14.4 Å². The van der Waals surface area contributed by atoms with Crippen molar-refractivity contribution >= 4 is 0 Å². The number of ether oxygens (including phenoxy) is 1. The molecular formula is C17H13N3O3. The van der Waals surface area contributed by atoms with E-state index in [0.717, 1.165) is 0 Å². The number of benzene rings is 2. The summed E-state index contributed by atoms with van der Waals surface area (Å²) in [6, 6.07) is 16.0. The van der Waals surface area contributed by atoms with Gasteiger partial charge in [0, 0.05) is 0 Å². The van der Waals surface area contributed by atoms with Gasteiger partial charge in [-0.05, 0) is 29.8 Å². The van der Waals surface area contributed by atoms with E-state index in [-0.39, 0.29) is 6.61 Å². The van der Waals surface area contributed by atoms with Crippen LogP contribution in [0.3, 0.4) is 0 Å². The molecule has 0 saturated carbocycles. The van der Waals surface area contributed by atoms with Gasteiger partial charge in [-0.1, -0.05) is 24.3 Å². The van der Waals surface area contributed by atoms with E-state index in [1.807, 2.05) is 18.2 Å². The average Bonchev–Trinajstić information content (AvgIpc) is 3.14. The predicted molar refractivity (Wildman–Crippen MR) is 81.3 cm³/mol. The minimum absolute atomic E-state index is 0.0665. The summed E-state index contributed by atoms with van der Waals surface area (Å²) < 4.78 is 10.9. The molecule has 1 heterocycles. The molecule has 1 unspecified atom stereocenters. The molecule has 2 aromatic carbocycles. The fraction of sp³-hybridized carbons (Fsp3) is 0.118. The predicted octanol–water partition coefficient (Wildman–Crippen LogP) is 2.72. The highest BCUT2D eigenvalue weighted by Gasteiger charge is 2.13. The first kappa shape index (κ1) is 14.8. The van der Waals surface area contributed by atoms with Gasteiger partial charge in [0.15, 0.2) is 0 Å². The summed E-state index contributed by atoms with van der Waals surface area (Å²) in [5.74, 6) is 0.901. The number of hydrogen-bond donors (Lipinski definition) is 1. The molecular weight excluding hydrogens is 294 g/mol. The first-order valence-corrected chi connectivity index (χ1v) is 6.94. The van der Waals surface area contributed by atoms with Gasteiger partial charge in [0.25, 0.3) is 5.89 Å². The minimum atomic E-state index is -0.807. The Kier molecular flexibility index (Phi) is 4.32. The van der Waals surface area contributed by atoms with Crippen LogP contribution in [0, 0.1) is 11.3 Å². The standard InChI is InChI=1S/C17H13N3O3/c18-9-12-5-7-13(8-6-12)15(21)10-22-16-4-2-1-3-14(16)17-20-19-11-23-17/h1-8,11,15,21H,10H2. The summed E-state index contributed by atoms with van der Waals surface area (Å²) in [4.78, 5) is 0. The minimum Gasteiger partial charge on any atom is -0.490 e. The smallest absolute Gasteiger partial charge is 0.251 e. The Balaban J connectivity index is 1.72. The molecule has 1 aromatic heterocycles. The van der Waals surface area contributed by atoms with Gasteiger partial charge in [-0.25, -0.2) is 0 Å². The monoisotopic (exact) mass is 307 g/mol. The normalized spacial score (nSPS) is 11.7. The van der Waals surface area contributed by atoms with Crippen LogP contribution < -0.4 is 4.74 Å². The molecule has 0 fully saturated rings. The zero-order valence-electron chi connectivity index (χ0n) is 12.1. The maximum atomic E-state index is 10.2. The van der Waals surface area contributed by atoms with Gasteiger partial charge in [-0.3, -0.25) is 0 Å². The van der Waals surface area contributed by atoms with Crippen LogP contribution in [0.25, 0.3) is 11.5 Å². The highest BCUT2D eigenvalue weighted by atomic mass is 16.5. The quantitative estimate of drug-likeness (QED) is 0.779. The summed E-state index contributed by atoms with van der Waals surface area (Å²) >= 11 is 0. The second kappa shape index (κ2) is 6.73. The second-order valence-electron chi connectivity index (χ2n) is 4.80. The molecule has 3 aromatic rings. The lowest BCUT2D eigenvalue weighted by molar-refractivity contribution is 0.108. The van der Waals surface area contributed by atoms with Crippen LogP contribution in [0.5, 0.6) is 5.75 Å². The van der Waals surface area contributed by atoms with Crippen molar-refractivity contribution in [3.8, 4) is 23.3 Å². The Hall–Kier alpha value is -3.17. The Morgan fingerprint density at radius 1 is 1.17 bits per heavy atom. The fourth-order valence-corrected chi connectivity index (χ4v) is 2.10. The third kappa shape index (κ3) is 3.36. The Morgan fingerprint density at radius 2 is 1.96 bits per heavy atom. The summed E-state index contributed by atoms with van der Waals surface area (Å²) in [6.07, 6.45) is 0.441. The Labute approximate surface area is 132 Å². The first-order chi connectivity index (χ1) is 11.3. The first-order valence-electron chi connectivity index (χ1n) is 6.94. The fourth-order valence-electron chi connectivity index (χ4n) is 2.10. The largest absolute Gasteiger partial charge is 0.490 e. The maximum absolute atomic E-state index is 10.2. The van der Waals surface area contributed by atoms with E-state index < -0.39 is 6.10 Å². The molecule has 1 atom stereocenters. The number of aliphatic hydroxyl groups is 1. The van der Waals surface area contributed by atoms with Crippen LogP contribution in [-0.2, 0) is 0 Å². The summed E-state index contributed by atoms with van der Waals surface area (Å²) in [6.45, 7) is 0.0665. The number of nitrogens with zero attached hydrogens (tertiary/aromatic N) is 3. The number of rotatable bonds is 5. The highest BCUT2D eigenvalue weighted by molar-refractivity contribution is 5.62. The van der Waals surface area contributed by atoms with Crippen LogP contribution in [0.4, 0.5) is 0 Å². The molecule has 0 aliphatic carbocycles. The van der Waals surface area contributed by atoms with Crippen molar-refractivity contribution in [2.45, 2.75) is 6.10 Å². The Bertz CT molecular complexity index is 808. The number of aliphatic hydroxyl groups excluding tert-OH is 1. The number of para-hydroxylation sites is 1. The zero-order valence-corrected chi connectivity index (χ0v) is 12.1. The van der Waals surface area contributed by atoms with Gasteiger partial charge >= 0.3 is 0 Å². The molecule has 0 amide bonds. The topological polar surface area (TPSA) is 92.2 Å². The summed E-state index contributed by atoms with van der Waals surface area (Å²) in [5.41, 5.74) is 1.89. The van der Waals surface area contributed by atoms with Crippen LogP contribution in [0.2, 0.25) is 0 Å². The number of hydrogen-bond acceptors (Lipinski definition) is 6.